The van der Waals surface area contributed by atoms with Crippen molar-refractivity contribution in [1.29, 1.82) is 0 Å². The van der Waals surface area contributed by atoms with Gasteiger partial charge in [0.2, 0.25) is 0 Å². The van der Waals surface area contributed by atoms with Crippen LogP contribution in [-0.4, -0.2) is 40.5 Å². The summed E-state index contributed by atoms with van der Waals surface area (Å²) in [5.74, 6) is 0. The van der Waals surface area contributed by atoms with Crippen molar-refractivity contribution in [1.82, 2.24) is 25.2 Å². The largest absolute Gasteiger partial charge is 0.309 e. The molecule has 0 saturated carbocycles. The van der Waals surface area contributed by atoms with Gasteiger partial charge in [-0.15, -0.1) is 16.4 Å². The van der Waals surface area contributed by atoms with Gasteiger partial charge in [0.05, 0.1) is 17.9 Å². The monoisotopic (exact) mass is 265 g/mol. The highest BCUT2D eigenvalue weighted by molar-refractivity contribution is 7.10. The molecule has 2 aromatic heterocycles. The van der Waals surface area contributed by atoms with E-state index in [0.29, 0.717) is 6.04 Å². The van der Waals surface area contributed by atoms with Gasteiger partial charge in [-0.25, -0.2) is 0 Å². The molecule has 0 radical (unpaired) electrons. The minimum atomic E-state index is 0.409. The minimum Gasteiger partial charge on any atom is -0.309 e. The van der Waals surface area contributed by atoms with Gasteiger partial charge in [-0.05, 0) is 25.5 Å². The molecule has 1 unspecified atom stereocenters. The smallest absolute Gasteiger partial charge is 0.0738 e. The second kappa shape index (κ2) is 6.08. The van der Waals surface area contributed by atoms with Gasteiger partial charge in [0.1, 0.15) is 0 Å². The predicted molar refractivity (Wildman–Crippen MR) is 73.5 cm³/mol. The molecular weight excluding hydrogens is 246 g/mol. The van der Waals surface area contributed by atoms with Crippen LogP contribution in [0.3, 0.4) is 0 Å². The zero-order chi connectivity index (χ0) is 13.0. The van der Waals surface area contributed by atoms with E-state index < -0.39 is 0 Å². The van der Waals surface area contributed by atoms with E-state index in [2.05, 4.69) is 52.1 Å². The lowest BCUT2D eigenvalue weighted by Gasteiger charge is -2.23. The number of rotatable bonds is 6. The van der Waals surface area contributed by atoms with Crippen LogP contribution in [0.4, 0.5) is 0 Å². The van der Waals surface area contributed by atoms with Crippen molar-refractivity contribution in [2.45, 2.75) is 12.6 Å². The third kappa shape index (κ3) is 3.16. The topological polar surface area (TPSA) is 46.0 Å². The Balaban J connectivity index is 1.89. The lowest BCUT2D eigenvalue weighted by atomic mass is 10.2. The summed E-state index contributed by atoms with van der Waals surface area (Å²) < 4.78 is 1.79. The first-order valence-corrected chi connectivity index (χ1v) is 6.80. The molecule has 2 heterocycles. The van der Waals surface area contributed by atoms with E-state index in [9.17, 15) is 0 Å². The van der Waals surface area contributed by atoms with Crippen LogP contribution in [0.2, 0.25) is 0 Å². The van der Waals surface area contributed by atoms with Crippen LogP contribution in [0, 0.1) is 0 Å². The van der Waals surface area contributed by atoms with Crippen molar-refractivity contribution in [3.8, 4) is 0 Å². The summed E-state index contributed by atoms with van der Waals surface area (Å²) in [5, 5.41) is 13.4. The summed E-state index contributed by atoms with van der Waals surface area (Å²) in [7, 11) is 6.13. The maximum Gasteiger partial charge on any atom is 0.0738 e. The molecule has 6 heteroatoms. The van der Waals surface area contributed by atoms with Gasteiger partial charge in [-0.1, -0.05) is 11.3 Å². The lowest BCUT2D eigenvalue weighted by molar-refractivity contribution is 0.291. The second-order valence-corrected chi connectivity index (χ2v) is 5.45. The standard InChI is InChI=1S/C12H19N5S/c1-16(2)11(12-5-4-6-18-12)9-13-7-10-8-14-15-17(10)3/h4-6,8,11,13H,7,9H2,1-3H3. The summed E-state index contributed by atoms with van der Waals surface area (Å²) in [6.45, 7) is 1.71. The van der Waals surface area contributed by atoms with Crippen LogP contribution in [0.25, 0.3) is 0 Å². The number of hydrogen-bond acceptors (Lipinski definition) is 5. The summed E-state index contributed by atoms with van der Waals surface area (Å²) in [6.07, 6.45) is 1.79. The Hall–Kier alpha value is -1.24. The van der Waals surface area contributed by atoms with Gasteiger partial charge in [-0.3, -0.25) is 4.68 Å². The molecule has 0 fully saturated rings. The number of hydrogen-bond donors (Lipinski definition) is 1. The average molecular weight is 265 g/mol. The quantitative estimate of drug-likeness (QED) is 0.854. The fourth-order valence-corrected chi connectivity index (χ4v) is 2.75. The van der Waals surface area contributed by atoms with Crippen LogP contribution in [0.15, 0.2) is 23.7 Å². The van der Waals surface area contributed by atoms with Gasteiger partial charge >= 0.3 is 0 Å². The molecule has 0 aliphatic carbocycles. The summed E-state index contributed by atoms with van der Waals surface area (Å²) in [4.78, 5) is 3.62. The Bertz CT molecular complexity index is 463. The van der Waals surface area contributed by atoms with Crippen LogP contribution in [-0.2, 0) is 13.6 Å². The van der Waals surface area contributed by atoms with Crippen molar-refractivity contribution in [2.75, 3.05) is 20.6 Å². The van der Waals surface area contributed by atoms with Crippen molar-refractivity contribution < 1.29 is 0 Å². The molecule has 1 atom stereocenters. The number of aromatic nitrogens is 3. The zero-order valence-electron chi connectivity index (χ0n) is 11.0. The summed E-state index contributed by atoms with van der Waals surface area (Å²) >= 11 is 1.80. The van der Waals surface area contributed by atoms with Crippen LogP contribution < -0.4 is 5.32 Å². The van der Waals surface area contributed by atoms with Crippen LogP contribution in [0.5, 0.6) is 0 Å². The summed E-state index contributed by atoms with van der Waals surface area (Å²) in [5.41, 5.74) is 1.10. The second-order valence-electron chi connectivity index (χ2n) is 4.47. The van der Waals surface area contributed by atoms with Crippen LogP contribution in [0.1, 0.15) is 16.6 Å². The minimum absolute atomic E-state index is 0.409. The number of thiophene rings is 1. The van der Waals surface area contributed by atoms with E-state index in [1.165, 1.54) is 4.88 Å². The lowest BCUT2D eigenvalue weighted by Crippen LogP contribution is -2.30. The predicted octanol–water partition coefficient (Wildman–Crippen LogP) is 1.27. The normalized spacial score (nSPS) is 13.1. The fraction of sp³-hybridized carbons (Fsp3) is 0.500. The molecule has 0 aliphatic heterocycles. The maximum atomic E-state index is 3.92. The SMILES string of the molecule is CN(C)C(CNCc1cnnn1C)c1cccs1. The van der Waals surface area contributed by atoms with Crippen LogP contribution >= 0.6 is 11.3 Å². The van der Waals surface area contributed by atoms with Gasteiger partial charge in [0, 0.05) is 25.0 Å². The molecule has 0 spiro atoms. The summed E-state index contributed by atoms with van der Waals surface area (Å²) in [6, 6.07) is 4.69. The Labute approximate surface area is 111 Å². The Morgan fingerprint density at radius 3 is 2.89 bits per heavy atom. The molecular formula is C12H19N5S. The Morgan fingerprint density at radius 1 is 1.50 bits per heavy atom. The van der Waals surface area contributed by atoms with E-state index in [4.69, 9.17) is 0 Å². The highest BCUT2D eigenvalue weighted by atomic mass is 32.1. The Morgan fingerprint density at radius 2 is 2.33 bits per heavy atom. The Kier molecular flexibility index (Phi) is 4.46. The van der Waals surface area contributed by atoms with Crippen molar-refractivity contribution >= 4 is 11.3 Å². The fourth-order valence-electron chi connectivity index (χ4n) is 1.83. The molecule has 0 saturated heterocycles. The number of nitrogens with one attached hydrogen (secondary N) is 1. The van der Waals surface area contributed by atoms with E-state index in [1.807, 2.05) is 7.05 Å². The van der Waals surface area contributed by atoms with Gasteiger partial charge in [0.15, 0.2) is 0 Å². The van der Waals surface area contributed by atoms with E-state index in [0.717, 1.165) is 18.8 Å². The maximum absolute atomic E-state index is 3.92. The molecule has 0 aliphatic rings. The zero-order valence-corrected chi connectivity index (χ0v) is 11.8. The highest BCUT2D eigenvalue weighted by Crippen LogP contribution is 2.22. The molecule has 0 bridgehead atoms. The first-order valence-electron chi connectivity index (χ1n) is 5.92. The van der Waals surface area contributed by atoms with E-state index >= 15 is 0 Å². The third-order valence-corrected chi connectivity index (χ3v) is 3.92. The molecule has 0 aromatic carbocycles. The molecule has 2 aromatic rings. The van der Waals surface area contributed by atoms with Crippen molar-refractivity contribution in [3.63, 3.8) is 0 Å². The molecule has 18 heavy (non-hydrogen) atoms. The molecule has 2 rings (SSSR count). The van der Waals surface area contributed by atoms with Gasteiger partial charge in [-0.2, -0.15) is 0 Å². The van der Waals surface area contributed by atoms with Gasteiger partial charge in [0.25, 0.3) is 0 Å². The third-order valence-electron chi connectivity index (χ3n) is 2.95. The highest BCUT2D eigenvalue weighted by Gasteiger charge is 2.14. The first kappa shape index (κ1) is 13.2. The number of nitrogens with zero attached hydrogens (tertiary/aromatic N) is 4. The van der Waals surface area contributed by atoms with Crippen molar-refractivity contribution in [2.24, 2.45) is 7.05 Å². The van der Waals surface area contributed by atoms with Crippen molar-refractivity contribution in [3.05, 3.63) is 34.3 Å². The average Bonchev–Trinajstić information content (AvgIpc) is 2.96. The van der Waals surface area contributed by atoms with E-state index in [1.54, 1.807) is 22.2 Å². The molecule has 5 nitrogen and oxygen atoms in total. The molecule has 98 valence electrons. The van der Waals surface area contributed by atoms with E-state index in [-0.39, 0.29) is 0 Å². The number of aryl methyl sites for hydroxylation is 1. The molecule has 0 amide bonds. The first-order chi connectivity index (χ1) is 8.68. The number of likely N-dealkylation sites (N-methyl/N-ethyl adjacent to an activating group) is 1. The van der Waals surface area contributed by atoms with Gasteiger partial charge < -0.3 is 10.2 Å². The molecule has 1 N–H and O–H groups in total.